The molecule has 0 unspecified atom stereocenters. The van der Waals surface area contributed by atoms with Crippen molar-refractivity contribution in [1.29, 1.82) is 0 Å². The van der Waals surface area contributed by atoms with E-state index in [0.29, 0.717) is 5.82 Å². The van der Waals surface area contributed by atoms with Crippen molar-refractivity contribution in [3.63, 3.8) is 0 Å². The van der Waals surface area contributed by atoms with Crippen molar-refractivity contribution in [1.82, 2.24) is 9.97 Å². The molecule has 0 amide bonds. The lowest BCUT2D eigenvalue weighted by Gasteiger charge is -2.49. The van der Waals surface area contributed by atoms with Gasteiger partial charge in [-0.15, -0.1) is 0 Å². The molecule has 10 aromatic carbocycles. The van der Waals surface area contributed by atoms with Crippen LogP contribution in [0.5, 0.6) is 0 Å². The van der Waals surface area contributed by atoms with E-state index < -0.39 is 10.8 Å². The van der Waals surface area contributed by atoms with Crippen LogP contribution < -0.4 is 0 Å². The molecule has 0 atom stereocenters. The molecule has 0 fully saturated rings. The SMILES string of the molecule is c1ccc(-c2cc(-c3cccc4c3C3(c5ccccc5C5(c6ccccc6-c6ccccc65)c5ccccc53)c3c-4ccc4c3oc3ccccc34)nc(-c3ccc4ccccc4c3)n2)cc1. The first-order valence-corrected chi connectivity index (χ1v) is 23.1. The molecule has 67 heavy (non-hydrogen) atoms. The van der Waals surface area contributed by atoms with E-state index in [0.717, 1.165) is 55.4 Å². The molecule has 310 valence electrons. The normalized spacial score (nSPS) is 14.2. The van der Waals surface area contributed by atoms with Crippen molar-refractivity contribution in [2.24, 2.45) is 0 Å². The summed E-state index contributed by atoms with van der Waals surface area (Å²) in [7, 11) is 0. The zero-order valence-electron chi connectivity index (χ0n) is 36.2. The van der Waals surface area contributed by atoms with Gasteiger partial charge in [0.2, 0.25) is 0 Å². The molecule has 12 aromatic rings. The molecule has 0 N–H and O–H groups in total. The Kier molecular flexibility index (Phi) is 7.36. The predicted octanol–water partition coefficient (Wildman–Crippen LogP) is 15.6. The smallest absolute Gasteiger partial charge is 0.160 e. The van der Waals surface area contributed by atoms with Crippen LogP contribution in [0.1, 0.15) is 44.5 Å². The lowest BCUT2D eigenvalue weighted by molar-refractivity contribution is 0.615. The number of benzene rings is 10. The molecule has 0 bridgehead atoms. The average molecular weight is 851 g/mol. The Morgan fingerprint density at radius 3 is 1.60 bits per heavy atom. The molecular formula is C64H38N2O. The molecule has 15 rings (SSSR count). The summed E-state index contributed by atoms with van der Waals surface area (Å²) in [5, 5.41) is 4.56. The van der Waals surface area contributed by atoms with Gasteiger partial charge in [0.1, 0.15) is 11.2 Å². The van der Waals surface area contributed by atoms with Crippen LogP contribution in [0.3, 0.4) is 0 Å². The van der Waals surface area contributed by atoms with Crippen molar-refractivity contribution in [2.45, 2.75) is 10.8 Å². The van der Waals surface area contributed by atoms with Crippen molar-refractivity contribution in [3.05, 3.63) is 275 Å². The lowest BCUT2D eigenvalue weighted by Crippen LogP contribution is -2.44. The fraction of sp³-hybridized carbons (Fsp3) is 0.0312. The maximum Gasteiger partial charge on any atom is 0.160 e. The summed E-state index contributed by atoms with van der Waals surface area (Å²) < 4.78 is 7.22. The molecule has 0 aliphatic heterocycles. The third kappa shape index (κ3) is 4.70. The number of furan rings is 1. The minimum atomic E-state index is -0.833. The van der Waals surface area contributed by atoms with Crippen molar-refractivity contribution >= 4 is 32.7 Å². The number of hydrogen-bond donors (Lipinski definition) is 0. The van der Waals surface area contributed by atoms with Crippen molar-refractivity contribution in [3.8, 4) is 56.2 Å². The first kappa shape index (κ1) is 36.7. The number of rotatable bonds is 3. The van der Waals surface area contributed by atoms with Crippen LogP contribution in [0.25, 0.3) is 88.9 Å². The van der Waals surface area contributed by atoms with Crippen LogP contribution in [0, 0.1) is 0 Å². The summed E-state index contributed by atoms with van der Waals surface area (Å²) in [6.07, 6.45) is 0. The number of para-hydroxylation sites is 1. The van der Waals surface area contributed by atoms with Gasteiger partial charge in [-0.05, 0) is 96.2 Å². The minimum Gasteiger partial charge on any atom is -0.456 e. The number of aromatic nitrogens is 2. The highest BCUT2D eigenvalue weighted by Gasteiger charge is 2.60. The molecule has 3 aliphatic carbocycles. The van der Waals surface area contributed by atoms with E-state index in [1.807, 2.05) is 0 Å². The van der Waals surface area contributed by atoms with Gasteiger partial charge in [0.15, 0.2) is 5.82 Å². The summed E-state index contributed by atoms with van der Waals surface area (Å²) in [4.78, 5) is 11.0. The fourth-order valence-corrected chi connectivity index (χ4v) is 12.6. The summed E-state index contributed by atoms with van der Waals surface area (Å²) in [6.45, 7) is 0. The van der Waals surface area contributed by atoms with Gasteiger partial charge >= 0.3 is 0 Å². The molecule has 3 aliphatic rings. The molecule has 3 heteroatoms. The van der Waals surface area contributed by atoms with Crippen molar-refractivity contribution < 1.29 is 4.42 Å². The highest BCUT2D eigenvalue weighted by molar-refractivity contribution is 6.11. The Labute approximate surface area is 387 Å². The molecular weight excluding hydrogens is 813 g/mol. The van der Waals surface area contributed by atoms with E-state index in [-0.39, 0.29) is 0 Å². The summed E-state index contributed by atoms with van der Waals surface area (Å²) in [5.74, 6) is 0.687. The topological polar surface area (TPSA) is 38.9 Å². The molecule has 3 nitrogen and oxygen atoms in total. The van der Waals surface area contributed by atoms with Gasteiger partial charge < -0.3 is 4.42 Å². The highest BCUT2D eigenvalue weighted by Crippen LogP contribution is 2.69. The second-order valence-electron chi connectivity index (χ2n) is 18.3. The van der Waals surface area contributed by atoms with Crippen LogP contribution in [0.15, 0.2) is 235 Å². The van der Waals surface area contributed by atoms with Crippen LogP contribution in [0.4, 0.5) is 0 Å². The summed E-state index contributed by atoms with van der Waals surface area (Å²) in [5.41, 5.74) is 20.1. The minimum absolute atomic E-state index is 0.579. The van der Waals surface area contributed by atoms with Crippen LogP contribution in [-0.2, 0) is 10.8 Å². The fourth-order valence-electron chi connectivity index (χ4n) is 12.6. The Morgan fingerprint density at radius 2 is 0.866 bits per heavy atom. The van der Waals surface area contributed by atoms with Gasteiger partial charge in [-0.1, -0.05) is 206 Å². The third-order valence-corrected chi connectivity index (χ3v) is 15.2. The molecule has 2 aromatic heterocycles. The van der Waals surface area contributed by atoms with Crippen LogP contribution in [-0.4, -0.2) is 9.97 Å². The van der Waals surface area contributed by atoms with E-state index in [1.165, 1.54) is 72.1 Å². The largest absolute Gasteiger partial charge is 0.456 e. The van der Waals surface area contributed by atoms with E-state index in [1.54, 1.807) is 0 Å². The van der Waals surface area contributed by atoms with Crippen LogP contribution >= 0.6 is 0 Å². The highest BCUT2D eigenvalue weighted by atomic mass is 16.3. The number of hydrogen-bond acceptors (Lipinski definition) is 3. The monoisotopic (exact) mass is 850 g/mol. The maximum atomic E-state index is 7.22. The van der Waals surface area contributed by atoms with Gasteiger partial charge in [0.05, 0.1) is 22.2 Å². The Bertz CT molecular complexity index is 3970. The first-order valence-electron chi connectivity index (χ1n) is 23.1. The Hall–Kier alpha value is -8.66. The average Bonchev–Trinajstić information content (AvgIpc) is 4.03. The third-order valence-electron chi connectivity index (χ3n) is 15.2. The maximum absolute atomic E-state index is 7.22. The predicted molar refractivity (Wildman–Crippen MR) is 271 cm³/mol. The van der Waals surface area contributed by atoms with Crippen molar-refractivity contribution in [2.75, 3.05) is 0 Å². The number of fused-ring (bicyclic) bond motifs is 21. The first-order chi connectivity index (χ1) is 33.2. The Morgan fingerprint density at radius 1 is 0.313 bits per heavy atom. The van der Waals surface area contributed by atoms with Gasteiger partial charge in [-0.25, -0.2) is 9.97 Å². The van der Waals surface area contributed by atoms with Crippen LogP contribution in [0.2, 0.25) is 0 Å². The van der Waals surface area contributed by atoms with Gasteiger partial charge in [-0.2, -0.15) is 0 Å². The van der Waals surface area contributed by atoms with Gasteiger partial charge in [-0.3, -0.25) is 0 Å². The standard InChI is InChI=1S/C64H38N2O/c1-2-18-40(19-3-1)56-38-57(66-62(65-56)42-34-33-39-17-4-5-20-41(39)37-42)49-25-16-24-46-47-35-36-48-45-23-8-15-32-58(45)67-61(48)60(47)64(59(46)49)54-30-13-11-28-52(54)63(53-29-12-14-31-55(53)64)50-26-9-6-21-43(50)44-22-7-10-27-51(44)63/h1-38H. The van der Waals surface area contributed by atoms with E-state index >= 15 is 0 Å². The Balaban J connectivity index is 1.11. The quantitative estimate of drug-likeness (QED) is 0.178. The zero-order valence-corrected chi connectivity index (χ0v) is 36.2. The molecule has 2 heterocycles. The zero-order chi connectivity index (χ0) is 43.8. The molecule has 0 saturated heterocycles. The molecule has 0 saturated carbocycles. The van der Waals surface area contributed by atoms with E-state index in [9.17, 15) is 0 Å². The second-order valence-corrected chi connectivity index (χ2v) is 18.3. The summed E-state index contributed by atoms with van der Waals surface area (Å²) >= 11 is 0. The molecule has 0 radical (unpaired) electrons. The van der Waals surface area contributed by atoms with E-state index in [4.69, 9.17) is 14.4 Å². The lowest BCUT2D eigenvalue weighted by atomic mass is 9.52. The molecule has 2 spiro atoms. The van der Waals surface area contributed by atoms with E-state index in [2.05, 4.69) is 231 Å². The van der Waals surface area contributed by atoms with Gasteiger partial charge in [0, 0.05) is 33.0 Å². The van der Waals surface area contributed by atoms with Gasteiger partial charge in [0.25, 0.3) is 0 Å². The number of nitrogens with zero attached hydrogens (tertiary/aromatic N) is 2. The second kappa shape index (κ2) is 13.4. The summed E-state index contributed by atoms with van der Waals surface area (Å²) in [6, 6.07) is 84.4.